The number of halogens is 1. The summed E-state index contributed by atoms with van der Waals surface area (Å²) in [5.74, 6) is 1.01. The van der Waals surface area contributed by atoms with Crippen LogP contribution in [0, 0.1) is 0 Å². The predicted octanol–water partition coefficient (Wildman–Crippen LogP) is 7.22. The topological polar surface area (TPSA) is 116 Å². The van der Waals surface area contributed by atoms with Crippen LogP contribution in [0.5, 0.6) is 5.75 Å². The molecule has 3 aromatic heterocycles. The third-order valence-electron chi connectivity index (χ3n) is 9.13. The summed E-state index contributed by atoms with van der Waals surface area (Å²) in [5.41, 5.74) is -0.303. The Balaban J connectivity index is 0.965. The van der Waals surface area contributed by atoms with E-state index < -0.39 is 11.6 Å². The van der Waals surface area contributed by atoms with Crippen molar-refractivity contribution >= 4 is 40.2 Å². The van der Waals surface area contributed by atoms with Gasteiger partial charge >= 0.3 is 5.97 Å². The summed E-state index contributed by atoms with van der Waals surface area (Å²) < 4.78 is 28.7. The highest BCUT2D eigenvalue weighted by Gasteiger charge is 2.45. The van der Waals surface area contributed by atoms with Crippen molar-refractivity contribution in [3.8, 4) is 17.1 Å². The lowest BCUT2D eigenvalue weighted by atomic mass is 9.91. The highest BCUT2D eigenvalue weighted by molar-refractivity contribution is 7.12. The lowest BCUT2D eigenvalue weighted by molar-refractivity contribution is -0.169. The number of carbonyl (C=O) groups excluding carboxylic acids is 1. The molecule has 1 aromatic carbocycles. The van der Waals surface area contributed by atoms with E-state index in [-0.39, 0.29) is 12.4 Å². The molecule has 6 rings (SSSR count). The summed E-state index contributed by atoms with van der Waals surface area (Å²) in [6, 6.07) is 11.3. The summed E-state index contributed by atoms with van der Waals surface area (Å²) in [4.78, 5) is 21.5. The normalized spacial score (nSPS) is 20.2. The fraction of sp³-hybridized carbons (Fsp3) is 0.514. The number of rotatable bonds is 14. The maximum absolute atomic E-state index is 13.3. The number of methoxy groups -OCH3 is 1. The number of benzene rings is 1. The first-order chi connectivity index (χ1) is 23.3. The van der Waals surface area contributed by atoms with Crippen molar-refractivity contribution in [1.82, 2.24) is 15.0 Å². The number of esters is 1. The average Bonchev–Trinajstić information content (AvgIpc) is 3.92. The fourth-order valence-corrected chi connectivity index (χ4v) is 8.34. The Kier molecular flexibility index (Phi) is 11.8. The Labute approximate surface area is 293 Å². The number of hydrogen-bond donors (Lipinski definition) is 1. The quantitative estimate of drug-likeness (QED) is 0.134. The summed E-state index contributed by atoms with van der Waals surface area (Å²) >= 11 is 9.36. The maximum Gasteiger partial charge on any atom is 0.349 e. The van der Waals surface area contributed by atoms with E-state index in [9.17, 15) is 9.90 Å². The number of nitrogens with zero attached hydrogens (tertiary/aromatic N) is 3. The molecule has 1 saturated carbocycles. The number of aliphatic hydroxyl groups is 1. The van der Waals surface area contributed by atoms with E-state index in [1.54, 1.807) is 19.2 Å². The smallest absolute Gasteiger partial charge is 0.349 e. The highest BCUT2D eigenvalue weighted by atomic mass is 35.5. The number of ether oxygens (including phenoxy) is 4. The molecule has 1 atom stereocenters. The molecule has 0 radical (unpaired) electrons. The lowest BCUT2D eigenvalue weighted by Crippen LogP contribution is -2.42. The third kappa shape index (κ3) is 8.13. The Bertz CT molecular complexity index is 1570. The van der Waals surface area contributed by atoms with Gasteiger partial charge in [0, 0.05) is 30.2 Å². The predicted molar refractivity (Wildman–Crippen MR) is 184 cm³/mol. The van der Waals surface area contributed by atoms with Crippen LogP contribution < -0.4 is 4.74 Å². The molecular weight excluding hydrogens is 674 g/mol. The molecule has 10 nitrogen and oxygen atoms in total. The van der Waals surface area contributed by atoms with E-state index in [0.29, 0.717) is 56.9 Å². The van der Waals surface area contributed by atoms with E-state index in [1.165, 1.54) is 22.7 Å². The monoisotopic (exact) mass is 715 g/mol. The van der Waals surface area contributed by atoms with Gasteiger partial charge in [0.2, 0.25) is 17.3 Å². The number of aromatic nitrogens is 2. The van der Waals surface area contributed by atoms with E-state index >= 15 is 0 Å². The first kappa shape index (κ1) is 35.0. The maximum atomic E-state index is 13.3. The Morgan fingerprint density at radius 1 is 1.10 bits per heavy atom. The van der Waals surface area contributed by atoms with Gasteiger partial charge in [0.25, 0.3) is 0 Å². The molecular formula is C35H42ClN3O7S2. The molecule has 1 aliphatic carbocycles. The zero-order valence-corrected chi connectivity index (χ0v) is 29.7. The molecule has 1 aliphatic heterocycles. The number of thiophene rings is 2. The molecule has 0 amide bonds. The van der Waals surface area contributed by atoms with Crippen LogP contribution in [-0.4, -0.2) is 71.9 Å². The number of hydrogen-bond acceptors (Lipinski definition) is 12. The van der Waals surface area contributed by atoms with Crippen LogP contribution >= 0.6 is 34.3 Å². The van der Waals surface area contributed by atoms with E-state index in [4.69, 9.17) is 35.1 Å². The van der Waals surface area contributed by atoms with Gasteiger partial charge in [-0.25, -0.2) is 4.79 Å². The molecule has 0 spiro atoms. The Hall–Kier alpha value is -2.84. The molecule has 13 heteroatoms. The molecule has 2 fully saturated rings. The summed E-state index contributed by atoms with van der Waals surface area (Å²) in [5, 5.41) is 19.9. The van der Waals surface area contributed by atoms with Gasteiger partial charge < -0.3 is 33.5 Å². The average molecular weight is 716 g/mol. The van der Waals surface area contributed by atoms with Gasteiger partial charge in [-0.2, -0.15) is 4.98 Å². The van der Waals surface area contributed by atoms with Crippen LogP contribution in [0.25, 0.3) is 11.4 Å². The largest absolute Gasteiger partial charge is 0.496 e. The minimum absolute atomic E-state index is 0.207. The van der Waals surface area contributed by atoms with Crippen molar-refractivity contribution in [1.29, 1.82) is 0 Å². The highest BCUT2D eigenvalue weighted by Crippen LogP contribution is 2.38. The Morgan fingerprint density at radius 2 is 1.85 bits per heavy atom. The summed E-state index contributed by atoms with van der Waals surface area (Å²) in [7, 11) is 3.74. The van der Waals surface area contributed by atoms with E-state index in [0.717, 1.165) is 70.1 Å². The van der Waals surface area contributed by atoms with E-state index in [2.05, 4.69) is 22.1 Å². The SMILES string of the molecule is COc1cc(-c2noc(CCCN(C)[C@H]3CC[C@H](OC(=O)C(O)(c4cccs4)c4cccs4)CC3)n2)c(Cl)cc1COC1CCCCO1. The molecule has 4 heterocycles. The van der Waals surface area contributed by atoms with Crippen molar-refractivity contribution < 1.29 is 33.4 Å². The van der Waals surface area contributed by atoms with Gasteiger partial charge in [0.1, 0.15) is 11.9 Å². The van der Waals surface area contributed by atoms with Gasteiger partial charge in [-0.1, -0.05) is 28.9 Å². The molecule has 1 unspecified atom stereocenters. The van der Waals surface area contributed by atoms with Gasteiger partial charge in [-0.15, -0.1) is 22.7 Å². The molecule has 1 N–H and O–H groups in total. The van der Waals surface area contributed by atoms with Gasteiger partial charge in [-0.3, -0.25) is 0 Å². The van der Waals surface area contributed by atoms with Gasteiger partial charge in [0.05, 0.1) is 28.5 Å². The van der Waals surface area contributed by atoms with Crippen molar-refractivity contribution in [2.24, 2.45) is 0 Å². The zero-order chi connectivity index (χ0) is 33.5. The molecule has 4 aromatic rings. The van der Waals surface area contributed by atoms with Crippen molar-refractivity contribution in [2.45, 2.75) is 88.4 Å². The fourth-order valence-electron chi connectivity index (χ4n) is 6.35. The van der Waals surface area contributed by atoms with Crippen LogP contribution in [-0.2, 0) is 37.6 Å². The summed E-state index contributed by atoms with van der Waals surface area (Å²) in [6.45, 7) is 1.91. The van der Waals surface area contributed by atoms with E-state index in [1.807, 2.05) is 35.0 Å². The Morgan fingerprint density at radius 3 is 2.50 bits per heavy atom. The second-order valence-electron chi connectivity index (χ2n) is 12.3. The van der Waals surface area contributed by atoms with Crippen LogP contribution in [0.3, 0.4) is 0 Å². The molecule has 0 bridgehead atoms. The number of carbonyl (C=O) groups is 1. The van der Waals surface area contributed by atoms with Gasteiger partial charge in [-0.05, 0) is 100.0 Å². The lowest BCUT2D eigenvalue weighted by Gasteiger charge is -2.35. The molecule has 1 saturated heterocycles. The van der Waals surface area contributed by atoms with Crippen molar-refractivity contribution in [2.75, 3.05) is 27.3 Å². The minimum Gasteiger partial charge on any atom is -0.496 e. The second kappa shape index (κ2) is 16.2. The molecule has 48 heavy (non-hydrogen) atoms. The molecule has 258 valence electrons. The second-order valence-corrected chi connectivity index (χ2v) is 14.7. The number of aryl methyl sites for hydroxylation is 1. The van der Waals surface area contributed by atoms with Crippen molar-refractivity contribution in [3.05, 3.63) is 73.4 Å². The first-order valence-corrected chi connectivity index (χ1v) is 18.6. The van der Waals surface area contributed by atoms with Crippen LogP contribution in [0.2, 0.25) is 5.02 Å². The molecule has 2 aliphatic rings. The minimum atomic E-state index is -1.77. The first-order valence-electron chi connectivity index (χ1n) is 16.5. The van der Waals surface area contributed by atoms with Crippen molar-refractivity contribution in [3.63, 3.8) is 0 Å². The van der Waals surface area contributed by atoms with Crippen LogP contribution in [0.4, 0.5) is 0 Å². The standard InChI is InChI=1S/C35H42ClN3O7S2/c1-39(24-12-14-25(15-13-24)45-34(40)35(41,29-8-6-18-47-29)30-9-7-19-48-30)16-5-10-31-37-33(38-46-31)26-21-28(42-2)23(20-27(26)36)22-44-32-11-3-4-17-43-32/h6-9,18-21,24-25,32,41H,3-5,10-17,22H2,1-2H3/t24-,25-,32?. The third-order valence-corrected chi connectivity index (χ3v) is 11.4. The van der Waals surface area contributed by atoms with Gasteiger partial charge in [0.15, 0.2) is 6.29 Å². The zero-order valence-electron chi connectivity index (χ0n) is 27.3. The van der Waals surface area contributed by atoms with Crippen LogP contribution in [0.15, 0.2) is 51.7 Å². The van der Waals surface area contributed by atoms with Crippen LogP contribution in [0.1, 0.15) is 72.6 Å². The summed E-state index contributed by atoms with van der Waals surface area (Å²) in [6.07, 6.45) is 7.42.